The predicted octanol–water partition coefficient (Wildman–Crippen LogP) is 1.52. The molecular weight excluding hydrogens is 352 g/mol. The van der Waals surface area contributed by atoms with Gasteiger partial charge in [-0.15, -0.1) is 0 Å². The fourth-order valence-electron chi connectivity index (χ4n) is 2.32. The van der Waals surface area contributed by atoms with E-state index < -0.39 is 0 Å². The maximum Gasteiger partial charge on any atom is 0.259 e. The molecule has 0 radical (unpaired) electrons. The maximum absolute atomic E-state index is 11.5. The lowest BCUT2D eigenvalue weighted by atomic mass is 10.1. The zero-order valence-electron chi connectivity index (χ0n) is 15.4. The van der Waals surface area contributed by atoms with Crippen LogP contribution in [0, 0.1) is 0 Å². The highest BCUT2D eigenvalue weighted by molar-refractivity contribution is 7.80. The van der Waals surface area contributed by atoms with Crippen molar-refractivity contribution in [2.45, 2.75) is 25.9 Å². The van der Waals surface area contributed by atoms with E-state index in [2.05, 4.69) is 15.8 Å². The number of nitrogens with one attached hydrogen (secondary N) is 2. The van der Waals surface area contributed by atoms with Gasteiger partial charge in [0.25, 0.3) is 5.91 Å². The van der Waals surface area contributed by atoms with Crippen molar-refractivity contribution in [2.75, 3.05) is 33.9 Å². The number of nitrogens with zero attached hydrogens (tertiary/aromatic N) is 2. The van der Waals surface area contributed by atoms with Crippen LogP contribution in [0.2, 0.25) is 0 Å². The summed E-state index contributed by atoms with van der Waals surface area (Å²) in [5.41, 5.74) is 4.57. The minimum atomic E-state index is -0.0833. The van der Waals surface area contributed by atoms with Crippen molar-refractivity contribution < 1.29 is 14.3 Å². The van der Waals surface area contributed by atoms with E-state index >= 15 is 0 Å². The smallest absolute Gasteiger partial charge is 0.259 e. The molecule has 1 aliphatic heterocycles. The number of amides is 1. The van der Waals surface area contributed by atoms with E-state index in [-0.39, 0.29) is 18.6 Å². The molecule has 0 aliphatic carbocycles. The molecule has 0 unspecified atom stereocenters. The standard InChI is InChI=1S/C18H26N4O3S/c1-13(20-21-18(26)19-11-16-5-4-10-24-16)14-6-8-15(9-7-14)25-12-17(23)22(2)3/h6-9,16H,4-5,10-12H2,1-3H3,(H2,19,21,26)/b20-13-/t16-/m0/s1. The van der Waals surface area contributed by atoms with Crippen molar-refractivity contribution in [3.63, 3.8) is 0 Å². The van der Waals surface area contributed by atoms with Crippen LogP contribution in [0.3, 0.4) is 0 Å². The van der Waals surface area contributed by atoms with Crippen molar-refractivity contribution in [3.8, 4) is 5.75 Å². The number of carbonyl (C=O) groups is 1. The van der Waals surface area contributed by atoms with Gasteiger partial charge in [0.2, 0.25) is 0 Å². The van der Waals surface area contributed by atoms with Crippen molar-refractivity contribution in [1.82, 2.24) is 15.6 Å². The molecular formula is C18H26N4O3S. The van der Waals surface area contributed by atoms with Gasteiger partial charge in [0, 0.05) is 27.2 Å². The fourth-order valence-corrected chi connectivity index (χ4v) is 2.45. The van der Waals surface area contributed by atoms with Gasteiger partial charge in [-0.05, 0) is 61.8 Å². The molecule has 0 bridgehead atoms. The summed E-state index contributed by atoms with van der Waals surface area (Å²) in [7, 11) is 3.39. The second kappa shape index (κ2) is 10.1. The molecule has 2 N–H and O–H groups in total. The summed E-state index contributed by atoms with van der Waals surface area (Å²) in [6.45, 7) is 3.43. The number of benzene rings is 1. The second-order valence-electron chi connectivity index (χ2n) is 6.26. The Balaban J connectivity index is 1.78. The summed E-state index contributed by atoms with van der Waals surface area (Å²) in [5, 5.41) is 7.87. The number of hydrazone groups is 1. The van der Waals surface area contributed by atoms with E-state index in [1.807, 2.05) is 31.2 Å². The summed E-state index contributed by atoms with van der Waals surface area (Å²) in [6, 6.07) is 7.40. The highest BCUT2D eigenvalue weighted by Crippen LogP contribution is 2.13. The molecule has 2 rings (SSSR count). The van der Waals surface area contributed by atoms with Gasteiger partial charge in [0.05, 0.1) is 11.8 Å². The van der Waals surface area contributed by atoms with Crippen molar-refractivity contribution in [1.29, 1.82) is 0 Å². The molecule has 0 spiro atoms. The monoisotopic (exact) mass is 378 g/mol. The Morgan fingerprint density at radius 2 is 2.12 bits per heavy atom. The predicted molar refractivity (Wildman–Crippen MR) is 106 cm³/mol. The summed E-state index contributed by atoms with van der Waals surface area (Å²) < 4.78 is 11.0. The van der Waals surface area contributed by atoms with E-state index in [0.717, 1.165) is 30.7 Å². The molecule has 1 heterocycles. The van der Waals surface area contributed by atoms with Crippen LogP contribution in [0.15, 0.2) is 29.4 Å². The van der Waals surface area contributed by atoms with E-state index in [1.165, 1.54) is 4.90 Å². The molecule has 1 amide bonds. The topological polar surface area (TPSA) is 75.2 Å². The van der Waals surface area contributed by atoms with Gasteiger partial charge in [-0.3, -0.25) is 10.2 Å². The zero-order valence-corrected chi connectivity index (χ0v) is 16.3. The van der Waals surface area contributed by atoms with Crippen molar-refractivity contribution >= 4 is 28.9 Å². The lowest BCUT2D eigenvalue weighted by Gasteiger charge is -2.12. The Morgan fingerprint density at radius 1 is 1.38 bits per heavy atom. The fraction of sp³-hybridized carbons (Fsp3) is 0.500. The summed E-state index contributed by atoms with van der Waals surface area (Å²) >= 11 is 5.22. The first-order valence-electron chi connectivity index (χ1n) is 8.59. The first-order chi connectivity index (χ1) is 12.5. The maximum atomic E-state index is 11.5. The van der Waals surface area contributed by atoms with Gasteiger partial charge in [-0.2, -0.15) is 5.10 Å². The van der Waals surface area contributed by atoms with Gasteiger partial charge in [0.15, 0.2) is 11.7 Å². The highest BCUT2D eigenvalue weighted by atomic mass is 32.1. The van der Waals surface area contributed by atoms with Gasteiger partial charge >= 0.3 is 0 Å². The van der Waals surface area contributed by atoms with E-state index in [1.54, 1.807) is 14.1 Å². The van der Waals surface area contributed by atoms with Gasteiger partial charge in [-0.1, -0.05) is 0 Å². The molecule has 1 fully saturated rings. The van der Waals surface area contributed by atoms with Crippen LogP contribution in [0.4, 0.5) is 0 Å². The molecule has 1 atom stereocenters. The number of rotatable bonds is 7. The third kappa shape index (κ3) is 6.61. The molecule has 142 valence electrons. The van der Waals surface area contributed by atoms with Gasteiger partial charge in [-0.25, -0.2) is 0 Å². The number of carbonyl (C=O) groups excluding carboxylic acids is 1. The first kappa shape index (κ1) is 20.1. The van der Waals surface area contributed by atoms with E-state index in [0.29, 0.717) is 17.4 Å². The number of likely N-dealkylation sites (N-methyl/N-ethyl adjacent to an activating group) is 1. The Bertz CT molecular complexity index is 640. The number of hydrogen-bond donors (Lipinski definition) is 2. The lowest BCUT2D eigenvalue weighted by molar-refractivity contribution is -0.130. The van der Waals surface area contributed by atoms with Crippen LogP contribution in [0.5, 0.6) is 5.75 Å². The summed E-state index contributed by atoms with van der Waals surface area (Å²) in [4.78, 5) is 13.0. The number of hydrogen-bond acceptors (Lipinski definition) is 5. The molecule has 0 saturated carbocycles. The van der Waals surface area contributed by atoms with Crippen LogP contribution in [0.25, 0.3) is 0 Å². The van der Waals surface area contributed by atoms with Crippen LogP contribution in [-0.2, 0) is 9.53 Å². The van der Waals surface area contributed by atoms with Gasteiger partial charge < -0.3 is 19.7 Å². The molecule has 26 heavy (non-hydrogen) atoms. The average molecular weight is 378 g/mol. The minimum absolute atomic E-state index is 0.0195. The van der Waals surface area contributed by atoms with Crippen LogP contribution < -0.4 is 15.5 Å². The summed E-state index contributed by atoms with van der Waals surface area (Å²) in [6.07, 6.45) is 2.39. The molecule has 1 aromatic carbocycles. The summed E-state index contributed by atoms with van der Waals surface area (Å²) in [5.74, 6) is 0.554. The number of thiocarbonyl (C=S) groups is 1. The van der Waals surface area contributed by atoms with Crippen molar-refractivity contribution in [3.05, 3.63) is 29.8 Å². The third-order valence-electron chi connectivity index (χ3n) is 3.97. The second-order valence-corrected chi connectivity index (χ2v) is 6.66. The molecule has 7 nitrogen and oxygen atoms in total. The Kier molecular flexibility index (Phi) is 7.80. The van der Waals surface area contributed by atoms with Crippen LogP contribution in [-0.4, -0.2) is 61.6 Å². The molecule has 0 aromatic heterocycles. The molecule has 1 saturated heterocycles. The quantitative estimate of drug-likeness (QED) is 0.426. The van der Waals surface area contributed by atoms with Crippen molar-refractivity contribution in [2.24, 2.45) is 5.10 Å². The largest absolute Gasteiger partial charge is 0.484 e. The minimum Gasteiger partial charge on any atom is -0.484 e. The molecule has 8 heteroatoms. The van der Waals surface area contributed by atoms with Crippen LogP contribution >= 0.6 is 12.2 Å². The van der Waals surface area contributed by atoms with E-state index in [9.17, 15) is 4.79 Å². The lowest BCUT2D eigenvalue weighted by Crippen LogP contribution is -2.37. The number of ether oxygens (including phenoxy) is 2. The third-order valence-corrected chi connectivity index (χ3v) is 4.21. The zero-order chi connectivity index (χ0) is 18.9. The van der Waals surface area contributed by atoms with Crippen LogP contribution in [0.1, 0.15) is 25.3 Å². The Morgan fingerprint density at radius 3 is 2.73 bits per heavy atom. The SMILES string of the molecule is C/C(=N/NC(=S)NC[C@@H]1CCCO1)c1ccc(OCC(=O)N(C)C)cc1. The average Bonchev–Trinajstić information content (AvgIpc) is 3.16. The Labute approximate surface area is 159 Å². The normalized spacial score (nSPS) is 16.9. The molecule has 1 aliphatic rings. The Hall–Kier alpha value is -2.19. The van der Waals surface area contributed by atoms with Gasteiger partial charge in [0.1, 0.15) is 5.75 Å². The molecule has 1 aromatic rings. The first-order valence-corrected chi connectivity index (χ1v) is 8.99. The van der Waals surface area contributed by atoms with E-state index in [4.69, 9.17) is 21.7 Å². The highest BCUT2D eigenvalue weighted by Gasteiger charge is 2.15.